The van der Waals surface area contributed by atoms with Crippen LogP contribution in [0.15, 0.2) is 35.0 Å². The summed E-state index contributed by atoms with van der Waals surface area (Å²) in [5.41, 5.74) is 2.98. The molecular formula is C25H32N6O4S. The first-order valence-corrected chi connectivity index (χ1v) is 14.6. The maximum atomic E-state index is 13.6. The van der Waals surface area contributed by atoms with E-state index in [1.54, 1.807) is 12.4 Å². The van der Waals surface area contributed by atoms with Gasteiger partial charge in [-0.1, -0.05) is 0 Å². The monoisotopic (exact) mass is 512 g/mol. The van der Waals surface area contributed by atoms with Crippen LogP contribution in [0.2, 0.25) is 0 Å². The Morgan fingerprint density at radius 3 is 2.78 bits per heavy atom. The molecule has 3 aliphatic heterocycles. The summed E-state index contributed by atoms with van der Waals surface area (Å²) in [6.45, 7) is 5.78. The van der Waals surface area contributed by atoms with Crippen molar-refractivity contribution in [3.63, 3.8) is 0 Å². The third-order valence-corrected chi connectivity index (χ3v) is 9.19. The lowest BCUT2D eigenvalue weighted by Gasteiger charge is -2.34. The molecule has 6 rings (SSSR count). The van der Waals surface area contributed by atoms with E-state index in [0.717, 1.165) is 60.5 Å². The smallest absolute Gasteiger partial charge is 0.150 e. The van der Waals surface area contributed by atoms with Crippen molar-refractivity contribution in [2.75, 3.05) is 56.0 Å². The van der Waals surface area contributed by atoms with Crippen LogP contribution in [0.1, 0.15) is 32.4 Å². The number of aromatic nitrogens is 4. The number of hydrogen-bond acceptors (Lipinski definition) is 9. The van der Waals surface area contributed by atoms with Gasteiger partial charge < -0.3 is 19.1 Å². The first-order valence-electron chi connectivity index (χ1n) is 12.7. The SMILES string of the molecule is C[C@@H]1COCCN1c1cc(N=S2(=O)CCOCC2)c2ccnc(-c3ccnn3[C@H]3CCCCO3)c2n1. The molecule has 10 nitrogen and oxygen atoms in total. The Bertz CT molecular complexity index is 1350. The lowest BCUT2D eigenvalue weighted by molar-refractivity contribution is -0.0383. The van der Waals surface area contributed by atoms with Gasteiger partial charge in [-0.05, 0) is 38.3 Å². The molecule has 0 saturated carbocycles. The second kappa shape index (κ2) is 10.0. The largest absolute Gasteiger partial charge is 0.379 e. The predicted octanol–water partition coefficient (Wildman–Crippen LogP) is 3.55. The lowest BCUT2D eigenvalue weighted by Crippen LogP contribution is -2.44. The number of pyridine rings is 2. The fourth-order valence-electron chi connectivity index (χ4n) is 5.10. The number of ether oxygens (including phenoxy) is 3. The minimum absolute atomic E-state index is 0.121. The molecule has 3 fully saturated rings. The quantitative estimate of drug-likeness (QED) is 0.523. The molecule has 0 aliphatic carbocycles. The minimum atomic E-state index is -2.42. The van der Waals surface area contributed by atoms with Crippen molar-refractivity contribution >= 4 is 32.1 Å². The third-order valence-electron chi connectivity index (χ3n) is 7.05. The summed E-state index contributed by atoms with van der Waals surface area (Å²) >= 11 is 0. The van der Waals surface area contributed by atoms with Gasteiger partial charge in [0.2, 0.25) is 0 Å². The highest BCUT2D eigenvalue weighted by molar-refractivity contribution is 7.93. The molecule has 192 valence electrons. The van der Waals surface area contributed by atoms with Gasteiger partial charge in [-0.2, -0.15) is 9.46 Å². The number of nitrogens with zero attached hydrogens (tertiary/aromatic N) is 6. The molecule has 0 bridgehead atoms. The molecule has 0 amide bonds. The van der Waals surface area contributed by atoms with Gasteiger partial charge in [0.05, 0.1) is 65.1 Å². The molecule has 0 radical (unpaired) electrons. The summed E-state index contributed by atoms with van der Waals surface area (Å²) in [4.78, 5) is 12.1. The Labute approximate surface area is 211 Å². The summed E-state index contributed by atoms with van der Waals surface area (Å²) < 4.78 is 37.5. The van der Waals surface area contributed by atoms with Gasteiger partial charge in [-0.15, -0.1) is 0 Å². The van der Waals surface area contributed by atoms with E-state index in [2.05, 4.69) is 16.9 Å². The van der Waals surface area contributed by atoms with Crippen LogP contribution in [0, 0.1) is 0 Å². The summed E-state index contributed by atoms with van der Waals surface area (Å²) in [5.74, 6) is 1.66. The van der Waals surface area contributed by atoms with E-state index in [9.17, 15) is 4.21 Å². The average Bonchev–Trinajstić information content (AvgIpc) is 3.39. The number of rotatable bonds is 4. The summed E-state index contributed by atoms with van der Waals surface area (Å²) in [7, 11) is -2.42. The van der Waals surface area contributed by atoms with E-state index in [1.165, 1.54) is 0 Å². The predicted molar refractivity (Wildman–Crippen MR) is 138 cm³/mol. The Hall–Kier alpha value is -2.60. The zero-order valence-electron chi connectivity index (χ0n) is 20.5. The fourth-order valence-corrected chi connectivity index (χ4v) is 6.75. The van der Waals surface area contributed by atoms with Crippen molar-refractivity contribution in [2.24, 2.45) is 4.36 Å². The van der Waals surface area contributed by atoms with Crippen molar-refractivity contribution in [3.8, 4) is 11.4 Å². The Morgan fingerprint density at radius 1 is 1.08 bits per heavy atom. The minimum Gasteiger partial charge on any atom is -0.379 e. The van der Waals surface area contributed by atoms with Crippen LogP contribution in [0.3, 0.4) is 0 Å². The Balaban J connectivity index is 1.54. The van der Waals surface area contributed by atoms with Gasteiger partial charge in [0.1, 0.15) is 17.0 Å². The van der Waals surface area contributed by atoms with E-state index in [0.29, 0.717) is 43.6 Å². The maximum Gasteiger partial charge on any atom is 0.150 e. The molecule has 3 aromatic rings. The molecular weight excluding hydrogens is 480 g/mol. The highest BCUT2D eigenvalue weighted by atomic mass is 32.2. The van der Waals surface area contributed by atoms with Crippen LogP contribution in [0.4, 0.5) is 11.5 Å². The molecule has 3 aromatic heterocycles. The van der Waals surface area contributed by atoms with Crippen LogP contribution in [0.5, 0.6) is 0 Å². The molecule has 6 heterocycles. The number of morpholine rings is 1. The first kappa shape index (κ1) is 23.8. The van der Waals surface area contributed by atoms with Gasteiger partial charge in [-0.25, -0.2) is 13.9 Å². The second-order valence-corrected chi connectivity index (χ2v) is 12.1. The van der Waals surface area contributed by atoms with Crippen molar-refractivity contribution in [1.82, 2.24) is 19.7 Å². The summed E-state index contributed by atoms with van der Waals surface area (Å²) in [6, 6.07) is 6.00. The Kier molecular flexibility index (Phi) is 6.63. The van der Waals surface area contributed by atoms with Gasteiger partial charge in [0, 0.05) is 37.0 Å². The molecule has 36 heavy (non-hydrogen) atoms. The van der Waals surface area contributed by atoms with Crippen LogP contribution in [0.25, 0.3) is 22.3 Å². The van der Waals surface area contributed by atoms with Gasteiger partial charge >= 0.3 is 0 Å². The van der Waals surface area contributed by atoms with Crippen molar-refractivity contribution < 1.29 is 18.4 Å². The molecule has 0 N–H and O–H groups in total. The molecule has 0 unspecified atom stereocenters. The summed E-state index contributed by atoms with van der Waals surface area (Å²) in [6.07, 6.45) is 6.51. The molecule has 0 aromatic carbocycles. The molecule has 0 spiro atoms. The van der Waals surface area contributed by atoms with Crippen molar-refractivity contribution in [2.45, 2.75) is 38.5 Å². The number of fused-ring (bicyclic) bond motifs is 1. The molecule has 3 aliphatic rings. The van der Waals surface area contributed by atoms with E-state index in [1.807, 2.05) is 22.9 Å². The van der Waals surface area contributed by atoms with Crippen LogP contribution in [-0.4, -0.2) is 81.1 Å². The fraction of sp³-hybridized carbons (Fsp3) is 0.560. The maximum absolute atomic E-state index is 13.6. The standard InChI is InChI=1S/C25H32N6O4S/c1-18-17-34-11-9-30(18)22-16-20(29-36(32)14-12-33-13-15-36)19-5-7-26-25(24(19)28-22)21-6-8-27-31(21)23-4-2-3-10-35-23/h5-8,16,18,23H,2-4,9-15,17H2,1H3/t18-,23-/m1/s1. The van der Waals surface area contributed by atoms with Crippen LogP contribution in [-0.2, 0) is 23.9 Å². The van der Waals surface area contributed by atoms with E-state index < -0.39 is 9.73 Å². The zero-order valence-corrected chi connectivity index (χ0v) is 21.4. The third kappa shape index (κ3) is 4.60. The highest BCUT2D eigenvalue weighted by Gasteiger charge is 2.26. The summed E-state index contributed by atoms with van der Waals surface area (Å²) in [5, 5.41) is 5.42. The van der Waals surface area contributed by atoms with Crippen molar-refractivity contribution in [1.29, 1.82) is 0 Å². The van der Waals surface area contributed by atoms with Gasteiger partial charge in [0.25, 0.3) is 0 Å². The van der Waals surface area contributed by atoms with E-state index in [4.69, 9.17) is 28.5 Å². The number of hydrogen-bond donors (Lipinski definition) is 0. The van der Waals surface area contributed by atoms with E-state index >= 15 is 0 Å². The normalized spacial score (nSPS) is 24.6. The first-order chi connectivity index (χ1) is 17.6. The second-order valence-electron chi connectivity index (χ2n) is 9.54. The lowest BCUT2D eigenvalue weighted by atomic mass is 10.1. The zero-order chi connectivity index (χ0) is 24.5. The molecule has 2 atom stereocenters. The number of anilines is 1. The van der Waals surface area contributed by atoms with Crippen LogP contribution < -0.4 is 4.90 Å². The highest BCUT2D eigenvalue weighted by Crippen LogP contribution is 2.37. The van der Waals surface area contributed by atoms with Crippen molar-refractivity contribution in [3.05, 3.63) is 30.6 Å². The van der Waals surface area contributed by atoms with Crippen LogP contribution >= 0.6 is 0 Å². The topological polar surface area (TPSA) is 104 Å². The molecule has 11 heteroatoms. The van der Waals surface area contributed by atoms with Gasteiger partial charge in [0.15, 0.2) is 6.23 Å². The molecule has 3 saturated heterocycles. The van der Waals surface area contributed by atoms with E-state index in [-0.39, 0.29) is 12.3 Å². The Morgan fingerprint density at radius 2 is 1.97 bits per heavy atom. The average molecular weight is 513 g/mol. The van der Waals surface area contributed by atoms with Gasteiger partial charge in [-0.3, -0.25) is 4.98 Å².